The van der Waals surface area contributed by atoms with E-state index in [1.807, 2.05) is 42.5 Å². The summed E-state index contributed by atoms with van der Waals surface area (Å²) in [5.74, 6) is 1.73. The number of hydrogen-bond acceptors (Lipinski definition) is 6. The van der Waals surface area contributed by atoms with Crippen molar-refractivity contribution in [1.82, 2.24) is 15.2 Å². The highest BCUT2D eigenvalue weighted by atomic mass is 16.5. The van der Waals surface area contributed by atoms with E-state index >= 15 is 0 Å². The van der Waals surface area contributed by atoms with Gasteiger partial charge in [-0.1, -0.05) is 18.2 Å². The van der Waals surface area contributed by atoms with Crippen LogP contribution in [-0.2, 0) is 22.6 Å². The molecule has 5 rings (SSSR count). The molecule has 1 N–H and O–H groups in total. The minimum Gasteiger partial charge on any atom is -0.493 e. The van der Waals surface area contributed by atoms with E-state index in [0.717, 1.165) is 11.1 Å². The Morgan fingerprint density at radius 2 is 2.03 bits per heavy atom. The van der Waals surface area contributed by atoms with Crippen molar-refractivity contribution in [1.29, 1.82) is 0 Å². The molecule has 2 atom stereocenters. The summed E-state index contributed by atoms with van der Waals surface area (Å²) in [4.78, 5) is 31.8. The van der Waals surface area contributed by atoms with E-state index in [-0.39, 0.29) is 24.0 Å². The van der Waals surface area contributed by atoms with E-state index in [9.17, 15) is 9.59 Å². The third-order valence-electron chi connectivity index (χ3n) is 6.55. The summed E-state index contributed by atoms with van der Waals surface area (Å²) in [6, 6.07) is 16.6. The number of carbonyl (C=O) groups is 2. The van der Waals surface area contributed by atoms with Gasteiger partial charge in [-0.2, -0.15) is 0 Å². The molecular formula is C28H29N3O5. The number of fused-ring (bicyclic) bond motifs is 5. The van der Waals surface area contributed by atoms with Crippen LogP contribution in [0.25, 0.3) is 0 Å². The zero-order valence-electron chi connectivity index (χ0n) is 20.2. The number of ether oxygens (including phenoxy) is 3. The van der Waals surface area contributed by atoms with Crippen molar-refractivity contribution < 1.29 is 23.8 Å². The van der Waals surface area contributed by atoms with Gasteiger partial charge < -0.3 is 24.4 Å². The number of likely N-dealkylation sites (tertiary alicyclic amines) is 1. The quantitative estimate of drug-likeness (QED) is 0.592. The van der Waals surface area contributed by atoms with Gasteiger partial charge in [0.05, 0.1) is 31.4 Å². The normalized spacial score (nSPS) is 20.1. The summed E-state index contributed by atoms with van der Waals surface area (Å²) in [6.07, 6.45) is 4.46. The number of carbonyl (C=O) groups excluding carboxylic acids is 2. The Morgan fingerprint density at radius 3 is 2.86 bits per heavy atom. The van der Waals surface area contributed by atoms with Crippen LogP contribution in [0.15, 0.2) is 67.0 Å². The second kappa shape index (κ2) is 10.8. The van der Waals surface area contributed by atoms with E-state index in [1.165, 1.54) is 0 Å². The largest absolute Gasteiger partial charge is 0.493 e. The first-order chi connectivity index (χ1) is 17.6. The maximum absolute atomic E-state index is 13.0. The number of nitrogens with one attached hydrogen (secondary N) is 1. The second-order valence-electron chi connectivity index (χ2n) is 9.04. The smallest absolute Gasteiger partial charge is 0.255 e. The van der Waals surface area contributed by atoms with Crippen molar-refractivity contribution in [2.24, 2.45) is 0 Å². The number of pyridine rings is 1. The Hall–Kier alpha value is -3.91. The number of piperidine rings is 1. The third kappa shape index (κ3) is 5.49. The predicted octanol–water partition coefficient (Wildman–Crippen LogP) is 3.74. The van der Waals surface area contributed by atoms with Crippen LogP contribution in [0.1, 0.15) is 34.3 Å². The fourth-order valence-corrected chi connectivity index (χ4v) is 4.65. The van der Waals surface area contributed by atoms with Crippen molar-refractivity contribution >= 4 is 11.8 Å². The number of hydrogen-bond donors (Lipinski definition) is 1. The van der Waals surface area contributed by atoms with Crippen LogP contribution < -0.4 is 14.8 Å². The van der Waals surface area contributed by atoms with Crippen LogP contribution in [0.3, 0.4) is 0 Å². The Labute approximate surface area is 210 Å². The number of aromatic nitrogens is 1. The van der Waals surface area contributed by atoms with Crippen LogP contribution in [0, 0.1) is 0 Å². The Balaban J connectivity index is 1.39. The van der Waals surface area contributed by atoms with Gasteiger partial charge in [0.2, 0.25) is 5.91 Å². The highest BCUT2D eigenvalue weighted by Gasteiger charge is 2.33. The van der Waals surface area contributed by atoms with E-state index in [0.29, 0.717) is 61.8 Å². The molecule has 0 unspecified atom stereocenters. The lowest BCUT2D eigenvalue weighted by Gasteiger charge is -2.38. The van der Waals surface area contributed by atoms with E-state index in [4.69, 9.17) is 14.2 Å². The molecule has 2 aliphatic heterocycles. The lowest BCUT2D eigenvalue weighted by atomic mass is 10.00. The maximum atomic E-state index is 13.0. The topological polar surface area (TPSA) is 90.0 Å². The Kier molecular flexibility index (Phi) is 7.13. The van der Waals surface area contributed by atoms with Crippen LogP contribution in [0.2, 0.25) is 0 Å². The third-order valence-corrected chi connectivity index (χ3v) is 6.55. The molecule has 1 aromatic heterocycles. The monoisotopic (exact) mass is 487 g/mol. The summed E-state index contributed by atoms with van der Waals surface area (Å²) < 4.78 is 17.9. The first-order valence-electron chi connectivity index (χ1n) is 12.1. The van der Waals surface area contributed by atoms with Gasteiger partial charge in [0.1, 0.15) is 5.75 Å². The predicted molar refractivity (Wildman–Crippen MR) is 133 cm³/mol. The maximum Gasteiger partial charge on any atom is 0.255 e. The number of nitrogens with zero attached hydrogens (tertiary/aromatic N) is 2. The number of rotatable bonds is 2. The van der Waals surface area contributed by atoms with Crippen LogP contribution in [0.4, 0.5) is 0 Å². The average molecular weight is 488 g/mol. The van der Waals surface area contributed by atoms with Crippen molar-refractivity contribution in [2.75, 3.05) is 20.2 Å². The molecule has 2 aromatic carbocycles. The highest BCUT2D eigenvalue weighted by Crippen LogP contribution is 2.33. The molecular weight excluding hydrogens is 458 g/mol. The molecule has 2 amide bonds. The second-order valence-corrected chi connectivity index (χ2v) is 9.04. The fraction of sp³-hybridized carbons (Fsp3) is 0.321. The number of aryl methyl sites for hydroxylation is 1. The van der Waals surface area contributed by atoms with E-state index in [1.54, 1.807) is 36.5 Å². The molecule has 4 bridgehead atoms. The van der Waals surface area contributed by atoms with Gasteiger partial charge in [-0.3, -0.25) is 14.6 Å². The van der Waals surface area contributed by atoms with Crippen LogP contribution in [-0.4, -0.2) is 54.0 Å². The summed E-state index contributed by atoms with van der Waals surface area (Å²) >= 11 is 0. The molecule has 186 valence electrons. The molecule has 3 aromatic rings. The molecule has 2 aliphatic rings. The summed E-state index contributed by atoms with van der Waals surface area (Å²) in [5, 5.41) is 3.13. The summed E-state index contributed by atoms with van der Waals surface area (Å²) in [5.41, 5.74) is 2.46. The summed E-state index contributed by atoms with van der Waals surface area (Å²) in [6.45, 7) is 1.28. The molecule has 8 heteroatoms. The number of amides is 2. The zero-order valence-corrected chi connectivity index (χ0v) is 20.2. The standard InChI is InChI=1S/C28H29N3O5/c1-34-25-9-7-19-8-10-27(32)30-23-17-31(28(33)21-5-3-12-29-16-21)13-11-24(23)35-18-20-4-2-6-22(14-20)36-26(25)15-19/h2-7,9,12,14-16,23-24H,8,10-11,13,17-18H2,1H3,(H,30,32)/t23-,24+/m1/s1. The van der Waals surface area contributed by atoms with Gasteiger partial charge >= 0.3 is 0 Å². The first kappa shape index (κ1) is 23.8. The average Bonchev–Trinajstić information content (AvgIpc) is 2.91. The van der Waals surface area contributed by atoms with Gasteiger partial charge in [-0.25, -0.2) is 0 Å². The Bertz CT molecular complexity index is 1230. The van der Waals surface area contributed by atoms with Crippen molar-refractivity contribution in [3.05, 3.63) is 83.7 Å². The lowest BCUT2D eigenvalue weighted by molar-refractivity contribution is -0.124. The van der Waals surface area contributed by atoms with E-state index in [2.05, 4.69) is 10.3 Å². The van der Waals surface area contributed by atoms with Gasteiger partial charge in [0.15, 0.2) is 11.5 Å². The molecule has 3 heterocycles. The van der Waals surface area contributed by atoms with Crippen molar-refractivity contribution in [3.8, 4) is 17.2 Å². The van der Waals surface area contributed by atoms with Gasteiger partial charge in [-0.15, -0.1) is 0 Å². The van der Waals surface area contributed by atoms with Gasteiger partial charge in [0.25, 0.3) is 5.91 Å². The van der Waals surface area contributed by atoms with Crippen LogP contribution in [0.5, 0.6) is 17.2 Å². The molecule has 1 saturated heterocycles. The molecule has 36 heavy (non-hydrogen) atoms. The van der Waals surface area contributed by atoms with Crippen LogP contribution >= 0.6 is 0 Å². The first-order valence-corrected chi connectivity index (χ1v) is 12.1. The SMILES string of the molecule is COc1ccc2cc1Oc1cccc(c1)CO[C@H]1CCN(C(=O)c3cccnc3)C[C@H]1NC(=O)CC2. The Morgan fingerprint density at radius 1 is 1.11 bits per heavy atom. The molecule has 0 aliphatic carbocycles. The minimum absolute atomic E-state index is 0.0852. The molecule has 0 spiro atoms. The molecule has 8 nitrogen and oxygen atoms in total. The van der Waals surface area contributed by atoms with Crippen molar-refractivity contribution in [2.45, 2.75) is 38.0 Å². The molecule has 1 fully saturated rings. The number of methoxy groups -OCH3 is 1. The minimum atomic E-state index is -0.317. The lowest BCUT2D eigenvalue weighted by Crippen LogP contribution is -2.57. The molecule has 0 saturated carbocycles. The zero-order chi connectivity index (χ0) is 24.9. The van der Waals surface area contributed by atoms with E-state index < -0.39 is 0 Å². The summed E-state index contributed by atoms with van der Waals surface area (Å²) in [7, 11) is 1.60. The highest BCUT2D eigenvalue weighted by molar-refractivity contribution is 5.94. The molecule has 0 radical (unpaired) electrons. The van der Waals surface area contributed by atoms with Crippen molar-refractivity contribution in [3.63, 3.8) is 0 Å². The van der Waals surface area contributed by atoms with Gasteiger partial charge in [-0.05, 0) is 60.4 Å². The van der Waals surface area contributed by atoms with Gasteiger partial charge in [0, 0.05) is 31.9 Å². The number of benzene rings is 2. The fourth-order valence-electron chi connectivity index (χ4n) is 4.65.